The van der Waals surface area contributed by atoms with Crippen molar-refractivity contribution < 1.29 is 23.7 Å². The number of carbonyl (C=O) groups excluding carboxylic acids is 1. The summed E-state index contributed by atoms with van der Waals surface area (Å²) in [6, 6.07) is 0. The van der Waals surface area contributed by atoms with E-state index in [2.05, 4.69) is 15.3 Å². The zero-order chi connectivity index (χ0) is 19.6. The normalized spacial score (nSPS) is 28.0. The zero-order valence-corrected chi connectivity index (χ0v) is 16.2. The molecule has 0 aromatic rings. The van der Waals surface area contributed by atoms with Crippen LogP contribution in [0.15, 0.2) is 45.2 Å². The first-order valence-electron chi connectivity index (χ1n) is 9.19. The van der Waals surface area contributed by atoms with Gasteiger partial charge < -0.3 is 29.1 Å². The first kappa shape index (κ1) is 20.7. The van der Waals surface area contributed by atoms with Gasteiger partial charge >= 0.3 is 0 Å². The van der Waals surface area contributed by atoms with Crippen LogP contribution < -0.4 is 5.32 Å². The van der Waals surface area contributed by atoms with Crippen molar-refractivity contribution >= 4 is 29.9 Å². The lowest BCUT2D eigenvalue weighted by Gasteiger charge is -2.25. The Balaban J connectivity index is 1.43. The number of aldehydes is 1. The molecular weight excluding hydrogens is 386 g/mol. The molecule has 2 saturated heterocycles. The van der Waals surface area contributed by atoms with Crippen LogP contribution >= 0.6 is 11.6 Å². The van der Waals surface area contributed by atoms with E-state index in [0.29, 0.717) is 18.4 Å². The molecule has 28 heavy (non-hydrogen) atoms. The molecule has 2 atom stereocenters. The second-order valence-corrected chi connectivity index (χ2v) is 6.61. The standard InChI is InChI=1S/C19H24ClN3O5/c20-9-17(19-18(10-24)26-13-27-19)23-12-21-11-22-14-2-1-3-16(8-14)28-15-4-6-25-7-5-15/h1-3,9-11,15,18-19,23H,4-8,12-13H2/b17-9-,21-11-,22-14-. The highest BCUT2D eigenvalue weighted by Gasteiger charge is 2.32. The number of ether oxygens (including phenoxy) is 4. The molecule has 9 heteroatoms. The molecule has 2 aliphatic heterocycles. The number of nitrogens with one attached hydrogen (secondary N) is 1. The minimum atomic E-state index is -0.671. The van der Waals surface area contributed by atoms with E-state index in [9.17, 15) is 4.79 Å². The third kappa shape index (κ3) is 6.00. The Bertz CT molecular complexity index is 683. The van der Waals surface area contributed by atoms with Gasteiger partial charge in [-0.15, -0.1) is 0 Å². The number of carbonyl (C=O) groups is 1. The van der Waals surface area contributed by atoms with Gasteiger partial charge in [0.25, 0.3) is 0 Å². The summed E-state index contributed by atoms with van der Waals surface area (Å²) in [5.74, 6) is 0.908. The van der Waals surface area contributed by atoms with Gasteiger partial charge in [0.1, 0.15) is 43.9 Å². The van der Waals surface area contributed by atoms with Crippen LogP contribution in [0.3, 0.4) is 0 Å². The molecule has 0 bridgehead atoms. The molecule has 0 amide bonds. The molecule has 0 spiro atoms. The van der Waals surface area contributed by atoms with Gasteiger partial charge in [-0.05, 0) is 12.2 Å². The summed E-state index contributed by atoms with van der Waals surface area (Å²) in [7, 11) is 0. The fourth-order valence-electron chi connectivity index (χ4n) is 2.99. The smallest absolute Gasteiger partial charge is 0.151 e. The summed E-state index contributed by atoms with van der Waals surface area (Å²) in [4.78, 5) is 19.5. The van der Waals surface area contributed by atoms with Crippen molar-refractivity contribution in [3.8, 4) is 0 Å². The quantitative estimate of drug-likeness (QED) is 0.375. The second-order valence-electron chi connectivity index (χ2n) is 6.39. The summed E-state index contributed by atoms with van der Waals surface area (Å²) in [5, 5.41) is 3.01. The van der Waals surface area contributed by atoms with Gasteiger partial charge in [-0.3, -0.25) is 4.99 Å². The van der Waals surface area contributed by atoms with Crippen molar-refractivity contribution in [2.45, 2.75) is 37.6 Å². The van der Waals surface area contributed by atoms with Crippen LogP contribution in [-0.4, -0.2) is 63.3 Å². The maximum Gasteiger partial charge on any atom is 0.151 e. The van der Waals surface area contributed by atoms with Gasteiger partial charge in [-0.2, -0.15) is 0 Å². The molecule has 2 heterocycles. The third-order valence-electron chi connectivity index (χ3n) is 4.46. The Morgan fingerprint density at radius 3 is 3.00 bits per heavy atom. The first-order valence-corrected chi connectivity index (χ1v) is 9.63. The van der Waals surface area contributed by atoms with Gasteiger partial charge in [0.15, 0.2) is 6.29 Å². The molecule has 2 fully saturated rings. The fourth-order valence-corrected chi connectivity index (χ4v) is 3.19. The third-order valence-corrected chi connectivity index (χ3v) is 4.69. The molecule has 3 aliphatic rings. The van der Waals surface area contributed by atoms with E-state index >= 15 is 0 Å². The van der Waals surface area contributed by atoms with E-state index in [4.69, 9.17) is 30.5 Å². The van der Waals surface area contributed by atoms with E-state index < -0.39 is 12.2 Å². The molecular formula is C19H24ClN3O5. The number of hydrogen-bond donors (Lipinski definition) is 1. The second kappa shape index (κ2) is 11.1. The number of nitrogens with zero attached hydrogens (tertiary/aromatic N) is 2. The van der Waals surface area contributed by atoms with E-state index in [1.807, 2.05) is 18.2 Å². The zero-order valence-electron chi connectivity index (χ0n) is 15.5. The number of allylic oxidation sites excluding steroid dienone is 4. The Labute approximate surface area is 168 Å². The van der Waals surface area contributed by atoms with Crippen molar-refractivity contribution in [2.75, 3.05) is 26.7 Å². The summed E-state index contributed by atoms with van der Waals surface area (Å²) < 4.78 is 21.9. The molecule has 0 aromatic carbocycles. The lowest BCUT2D eigenvalue weighted by Crippen LogP contribution is -2.33. The molecule has 1 N–H and O–H groups in total. The predicted octanol–water partition coefficient (Wildman–Crippen LogP) is 2.06. The Kier molecular flexibility index (Phi) is 8.23. The maximum absolute atomic E-state index is 11.0. The SMILES string of the molecule is O=CC1OCOC1/C(=C/Cl)NC/N=C\N=C1\C=CC=C(OC2CCOCC2)C1. The van der Waals surface area contributed by atoms with Crippen molar-refractivity contribution in [2.24, 2.45) is 9.98 Å². The van der Waals surface area contributed by atoms with Crippen LogP contribution in [0.2, 0.25) is 0 Å². The van der Waals surface area contributed by atoms with Gasteiger partial charge in [-0.1, -0.05) is 17.7 Å². The predicted molar refractivity (Wildman–Crippen MR) is 105 cm³/mol. The van der Waals surface area contributed by atoms with Crippen molar-refractivity contribution in [1.29, 1.82) is 0 Å². The lowest BCUT2D eigenvalue weighted by molar-refractivity contribution is -0.115. The molecule has 0 saturated carbocycles. The van der Waals surface area contributed by atoms with Crippen LogP contribution in [0.4, 0.5) is 0 Å². The lowest BCUT2D eigenvalue weighted by atomic mass is 10.1. The molecule has 3 rings (SSSR count). The van der Waals surface area contributed by atoms with Crippen molar-refractivity contribution in [3.05, 3.63) is 35.2 Å². The van der Waals surface area contributed by atoms with Gasteiger partial charge in [0.2, 0.25) is 0 Å². The minimum absolute atomic E-state index is 0.0546. The largest absolute Gasteiger partial charge is 0.494 e. The monoisotopic (exact) mass is 409 g/mol. The van der Waals surface area contributed by atoms with Crippen molar-refractivity contribution in [3.63, 3.8) is 0 Å². The highest BCUT2D eigenvalue weighted by atomic mass is 35.5. The van der Waals surface area contributed by atoms with Crippen molar-refractivity contribution in [1.82, 2.24) is 5.32 Å². The number of rotatable bonds is 8. The van der Waals surface area contributed by atoms with E-state index in [0.717, 1.165) is 37.5 Å². The number of halogens is 1. The Hall–Kier alpha value is -2.00. The summed E-state index contributed by atoms with van der Waals surface area (Å²) >= 11 is 5.81. The van der Waals surface area contributed by atoms with Gasteiger partial charge in [-0.25, -0.2) is 4.99 Å². The van der Waals surface area contributed by atoms with E-state index in [1.54, 1.807) is 0 Å². The molecule has 152 valence electrons. The molecule has 2 unspecified atom stereocenters. The van der Waals surface area contributed by atoms with Crippen LogP contribution in [0, 0.1) is 0 Å². The molecule has 8 nitrogen and oxygen atoms in total. The molecule has 0 radical (unpaired) electrons. The number of hydrogen-bond acceptors (Lipinski definition) is 7. The Morgan fingerprint density at radius 2 is 2.21 bits per heavy atom. The minimum Gasteiger partial charge on any atom is -0.494 e. The van der Waals surface area contributed by atoms with E-state index in [1.165, 1.54) is 11.9 Å². The van der Waals surface area contributed by atoms with Crippen LogP contribution in [0.25, 0.3) is 0 Å². The summed E-state index contributed by atoms with van der Waals surface area (Å²) in [6.45, 7) is 1.79. The average molecular weight is 410 g/mol. The van der Waals surface area contributed by atoms with Crippen LogP contribution in [0.5, 0.6) is 0 Å². The molecule has 0 aromatic heterocycles. The fraction of sp³-hybridized carbons (Fsp3) is 0.526. The van der Waals surface area contributed by atoms with Gasteiger partial charge in [0.05, 0.1) is 18.9 Å². The van der Waals surface area contributed by atoms with Crippen LogP contribution in [0.1, 0.15) is 19.3 Å². The summed E-state index contributed by atoms with van der Waals surface area (Å²) in [5.41, 5.74) is 2.73. The van der Waals surface area contributed by atoms with E-state index in [-0.39, 0.29) is 19.6 Å². The molecule has 1 aliphatic carbocycles. The van der Waals surface area contributed by atoms with Gasteiger partial charge in [0, 0.05) is 30.5 Å². The average Bonchev–Trinajstić information content (AvgIpc) is 3.20. The maximum atomic E-state index is 11.0. The summed E-state index contributed by atoms with van der Waals surface area (Å²) in [6.07, 6.45) is 9.46. The number of aliphatic imine (C=N–C) groups is 2. The Morgan fingerprint density at radius 1 is 1.36 bits per heavy atom. The highest BCUT2D eigenvalue weighted by molar-refractivity contribution is 6.25. The first-order chi connectivity index (χ1) is 13.8. The highest BCUT2D eigenvalue weighted by Crippen LogP contribution is 2.20. The topological polar surface area (TPSA) is 90.7 Å². The van der Waals surface area contributed by atoms with Crippen LogP contribution in [-0.2, 0) is 23.7 Å².